The number of halogens is 1. The molecule has 1 heterocycles. The highest BCUT2D eigenvalue weighted by atomic mass is 32.2. The van der Waals surface area contributed by atoms with Crippen molar-refractivity contribution >= 4 is 33.5 Å². The molecular formula is C34H39FN6O6S. The number of nitrogens with zero attached hydrogens (tertiary/aromatic N) is 3. The van der Waals surface area contributed by atoms with Gasteiger partial charge >= 0.3 is 5.97 Å². The lowest BCUT2D eigenvalue weighted by Crippen LogP contribution is -2.51. The van der Waals surface area contributed by atoms with Crippen LogP contribution in [0.4, 0.5) is 10.1 Å². The number of amides is 2. The minimum Gasteiger partial charge on any atom is -0.462 e. The van der Waals surface area contributed by atoms with Gasteiger partial charge in [0.2, 0.25) is 10.0 Å². The van der Waals surface area contributed by atoms with Gasteiger partial charge in [0.15, 0.2) is 0 Å². The van der Waals surface area contributed by atoms with Gasteiger partial charge in [-0.25, -0.2) is 17.6 Å². The molecule has 0 aliphatic heterocycles. The van der Waals surface area contributed by atoms with Gasteiger partial charge in [0.1, 0.15) is 5.82 Å². The number of sulfonamides is 1. The molecular weight excluding hydrogens is 639 g/mol. The zero-order chi connectivity index (χ0) is 35.0. The molecule has 48 heavy (non-hydrogen) atoms. The van der Waals surface area contributed by atoms with Crippen molar-refractivity contribution in [3.63, 3.8) is 0 Å². The molecule has 0 spiro atoms. The first-order valence-electron chi connectivity index (χ1n) is 15.2. The molecule has 14 heteroatoms. The van der Waals surface area contributed by atoms with Crippen molar-refractivity contribution in [1.82, 2.24) is 20.4 Å². The van der Waals surface area contributed by atoms with Crippen molar-refractivity contribution in [3.05, 3.63) is 119 Å². The van der Waals surface area contributed by atoms with Crippen molar-refractivity contribution < 1.29 is 31.9 Å². The van der Waals surface area contributed by atoms with Crippen molar-refractivity contribution in [2.45, 2.75) is 44.9 Å². The molecule has 0 aliphatic carbocycles. The van der Waals surface area contributed by atoms with Gasteiger partial charge < -0.3 is 21.1 Å². The van der Waals surface area contributed by atoms with E-state index in [1.54, 1.807) is 26.0 Å². The summed E-state index contributed by atoms with van der Waals surface area (Å²) in [5.74, 6) is -2.10. The van der Waals surface area contributed by atoms with Crippen LogP contribution in [0.2, 0.25) is 0 Å². The summed E-state index contributed by atoms with van der Waals surface area (Å²) < 4.78 is 45.8. The first kappa shape index (κ1) is 35.8. The van der Waals surface area contributed by atoms with E-state index in [0.717, 1.165) is 16.1 Å². The fraction of sp³-hybridized carbons (Fsp3) is 0.294. The van der Waals surface area contributed by atoms with Gasteiger partial charge in [0.25, 0.3) is 11.8 Å². The van der Waals surface area contributed by atoms with Crippen molar-refractivity contribution in [2.75, 3.05) is 24.2 Å². The molecule has 0 saturated carbocycles. The number of rotatable bonds is 14. The fourth-order valence-corrected chi connectivity index (χ4v) is 5.41. The summed E-state index contributed by atoms with van der Waals surface area (Å²) in [6, 6.07) is 17.3. The smallest absolute Gasteiger partial charge is 0.341 e. The Labute approximate surface area is 279 Å². The number of aromatic nitrogens is 2. The molecule has 3 atom stereocenters. The number of carbonyl (C=O) groups is 3. The van der Waals surface area contributed by atoms with Gasteiger partial charge in [-0.3, -0.25) is 18.6 Å². The largest absolute Gasteiger partial charge is 0.462 e. The summed E-state index contributed by atoms with van der Waals surface area (Å²) in [6.45, 7) is 3.78. The lowest BCUT2D eigenvalue weighted by Gasteiger charge is -2.26. The van der Waals surface area contributed by atoms with Crippen LogP contribution in [0.1, 0.15) is 62.1 Å². The molecule has 4 rings (SSSR count). The lowest BCUT2D eigenvalue weighted by molar-refractivity contribution is 0.0526. The Morgan fingerprint density at radius 3 is 2.21 bits per heavy atom. The number of anilines is 1. The number of hydrogen-bond donors (Lipinski definition) is 3. The summed E-state index contributed by atoms with van der Waals surface area (Å²) >= 11 is 0. The number of nitrogens with two attached hydrogens (primary N) is 1. The number of nitrogens with one attached hydrogen (secondary N) is 2. The van der Waals surface area contributed by atoms with E-state index in [1.807, 2.05) is 30.3 Å². The maximum Gasteiger partial charge on any atom is 0.341 e. The number of benzene rings is 3. The quantitative estimate of drug-likeness (QED) is 0.171. The molecule has 12 nitrogen and oxygen atoms in total. The van der Waals surface area contributed by atoms with E-state index in [9.17, 15) is 27.2 Å². The number of ether oxygens (including phenoxy) is 1. The highest BCUT2D eigenvalue weighted by Gasteiger charge is 2.25. The van der Waals surface area contributed by atoms with Gasteiger partial charge in [0, 0.05) is 30.4 Å². The summed E-state index contributed by atoms with van der Waals surface area (Å²) in [7, 11) is -2.44. The predicted octanol–water partition coefficient (Wildman–Crippen LogP) is 3.45. The van der Waals surface area contributed by atoms with Crippen molar-refractivity contribution in [3.8, 4) is 0 Å². The number of hydrogen-bond acceptors (Lipinski definition) is 8. The minimum absolute atomic E-state index is 0.0246. The zero-order valence-corrected chi connectivity index (χ0v) is 27.9. The molecule has 0 fully saturated rings. The first-order valence-corrected chi connectivity index (χ1v) is 17.0. The molecule has 0 unspecified atom stereocenters. The van der Waals surface area contributed by atoms with Crippen LogP contribution >= 0.6 is 0 Å². The highest BCUT2D eigenvalue weighted by Crippen LogP contribution is 2.23. The topological polar surface area (TPSA) is 166 Å². The molecule has 0 radical (unpaired) electrons. The molecule has 0 saturated heterocycles. The highest BCUT2D eigenvalue weighted by molar-refractivity contribution is 7.92. The molecule has 4 N–H and O–H groups in total. The molecule has 254 valence electrons. The van der Waals surface area contributed by atoms with E-state index in [-0.39, 0.29) is 35.5 Å². The van der Waals surface area contributed by atoms with Crippen LogP contribution in [0.25, 0.3) is 0 Å². The summed E-state index contributed by atoms with van der Waals surface area (Å²) in [5, 5.41) is 10.00. The Kier molecular flexibility index (Phi) is 11.7. The first-order chi connectivity index (χ1) is 22.7. The summed E-state index contributed by atoms with van der Waals surface area (Å²) in [4.78, 5) is 39.4. The van der Waals surface area contributed by atoms with Gasteiger partial charge in [-0.15, -0.1) is 0 Å². The Morgan fingerprint density at radius 1 is 0.979 bits per heavy atom. The van der Waals surface area contributed by atoms with Crippen LogP contribution < -0.4 is 20.7 Å². The van der Waals surface area contributed by atoms with E-state index in [2.05, 4.69) is 15.7 Å². The van der Waals surface area contributed by atoms with Crippen LogP contribution in [-0.2, 0) is 27.7 Å². The Morgan fingerprint density at radius 2 is 1.60 bits per heavy atom. The maximum absolute atomic E-state index is 13.9. The van der Waals surface area contributed by atoms with Gasteiger partial charge in [-0.1, -0.05) is 42.5 Å². The van der Waals surface area contributed by atoms with Crippen LogP contribution in [0.15, 0.2) is 85.2 Å². The van der Waals surface area contributed by atoms with Gasteiger partial charge in [-0.05, 0) is 61.7 Å². The van der Waals surface area contributed by atoms with Crippen molar-refractivity contribution in [2.24, 2.45) is 5.73 Å². The molecule has 2 amide bonds. The predicted molar refractivity (Wildman–Crippen MR) is 180 cm³/mol. The number of carbonyl (C=O) groups excluding carboxylic acids is 3. The Hall–Kier alpha value is -5.08. The maximum atomic E-state index is 13.9. The van der Waals surface area contributed by atoms with E-state index in [4.69, 9.17) is 10.5 Å². The van der Waals surface area contributed by atoms with Crippen LogP contribution in [0.3, 0.4) is 0 Å². The second kappa shape index (κ2) is 15.7. The van der Waals surface area contributed by atoms with E-state index >= 15 is 0 Å². The SMILES string of the molecule is CCOC(=O)c1cnn(C[C@H](N)[C@H](Cc2ccccc2)NC(=O)c2cc(C(=O)N[C@H](C)c3ccc(F)cc3)cc(N(C)S(C)(=O)=O)c2)c1. The average molecular weight is 679 g/mol. The van der Waals surface area contributed by atoms with Crippen LogP contribution in [0.5, 0.6) is 0 Å². The summed E-state index contributed by atoms with van der Waals surface area (Å²) in [5.41, 5.74) is 8.60. The zero-order valence-electron chi connectivity index (χ0n) is 27.1. The molecule has 4 aromatic rings. The normalized spacial score (nSPS) is 13.2. The van der Waals surface area contributed by atoms with E-state index in [1.165, 1.54) is 54.5 Å². The third-order valence-electron chi connectivity index (χ3n) is 7.69. The van der Waals surface area contributed by atoms with Gasteiger partial charge in [0.05, 0.1) is 48.9 Å². The standard InChI is InChI=1S/C34H39FN6O6S/c1-5-47-34(44)27-19-37-41(20-27)21-30(36)31(15-23-9-7-6-8-10-23)39-33(43)26-16-25(17-29(18-26)40(3)48(4,45)46)32(42)38-22(2)24-11-13-28(35)14-12-24/h6-14,16-20,22,30-31H,5,15,21,36H2,1-4H3,(H,38,42)(H,39,43)/t22-,30+,31+/m1/s1. The van der Waals surface area contributed by atoms with E-state index in [0.29, 0.717) is 12.0 Å². The van der Waals surface area contributed by atoms with Gasteiger partial charge in [-0.2, -0.15) is 5.10 Å². The van der Waals surface area contributed by atoms with Crippen LogP contribution in [-0.4, -0.2) is 68.0 Å². The van der Waals surface area contributed by atoms with Crippen LogP contribution in [0, 0.1) is 5.82 Å². The Balaban J connectivity index is 1.63. The fourth-order valence-electron chi connectivity index (χ4n) is 4.92. The molecule has 0 bridgehead atoms. The third kappa shape index (κ3) is 9.48. The summed E-state index contributed by atoms with van der Waals surface area (Å²) in [6.07, 6.45) is 4.24. The minimum atomic E-state index is -3.76. The molecule has 1 aromatic heterocycles. The monoisotopic (exact) mass is 678 g/mol. The molecule has 0 aliphatic rings. The number of esters is 1. The van der Waals surface area contributed by atoms with Crippen molar-refractivity contribution in [1.29, 1.82) is 0 Å². The second-order valence-corrected chi connectivity index (χ2v) is 13.4. The second-order valence-electron chi connectivity index (χ2n) is 11.4. The lowest BCUT2D eigenvalue weighted by atomic mass is 9.98. The average Bonchev–Trinajstić information content (AvgIpc) is 3.52. The Bertz CT molecular complexity index is 1850. The molecule has 3 aromatic carbocycles. The van der Waals surface area contributed by atoms with E-state index < -0.39 is 51.7 Å². The third-order valence-corrected chi connectivity index (χ3v) is 8.90.